The lowest BCUT2D eigenvalue weighted by Crippen LogP contribution is -2.24. The second kappa shape index (κ2) is 9.97. The van der Waals surface area contributed by atoms with Crippen molar-refractivity contribution in [3.05, 3.63) is 145 Å². The third kappa shape index (κ3) is 3.78. The molecule has 0 saturated heterocycles. The van der Waals surface area contributed by atoms with Crippen molar-refractivity contribution in [2.24, 2.45) is 4.99 Å². The van der Waals surface area contributed by atoms with Gasteiger partial charge in [-0.25, -0.2) is 4.98 Å². The van der Waals surface area contributed by atoms with Crippen LogP contribution in [0.2, 0.25) is 0 Å². The van der Waals surface area contributed by atoms with Crippen molar-refractivity contribution in [3.63, 3.8) is 0 Å². The second-order valence-corrected chi connectivity index (χ2v) is 12.9. The van der Waals surface area contributed by atoms with Gasteiger partial charge < -0.3 is 4.57 Å². The molecule has 0 saturated carbocycles. The van der Waals surface area contributed by atoms with Crippen LogP contribution in [-0.4, -0.2) is 20.3 Å². The van der Waals surface area contributed by atoms with E-state index in [1.807, 2.05) is 23.5 Å². The van der Waals surface area contributed by atoms with Gasteiger partial charge in [-0.1, -0.05) is 91.0 Å². The van der Waals surface area contributed by atoms with Gasteiger partial charge in [0.05, 0.1) is 28.1 Å². The highest BCUT2D eigenvalue weighted by molar-refractivity contribution is 7.26. The number of hydrogen-bond acceptors (Lipinski definition) is 4. The maximum Gasteiger partial charge on any atom is 0.180 e. The van der Waals surface area contributed by atoms with Crippen LogP contribution in [0.5, 0.6) is 0 Å². The van der Waals surface area contributed by atoms with Gasteiger partial charge in [-0.15, -0.1) is 11.3 Å². The van der Waals surface area contributed by atoms with Crippen molar-refractivity contribution < 1.29 is 0 Å². The van der Waals surface area contributed by atoms with Crippen LogP contribution in [0.3, 0.4) is 0 Å². The minimum atomic E-state index is -0.225. The minimum Gasteiger partial charge on any atom is -0.305 e. The molecule has 6 heteroatoms. The smallest absolute Gasteiger partial charge is 0.180 e. The highest BCUT2D eigenvalue weighted by Crippen LogP contribution is 2.43. The number of nitrogens with zero attached hydrogens (tertiary/aromatic N) is 4. The van der Waals surface area contributed by atoms with Crippen molar-refractivity contribution in [1.82, 2.24) is 19.4 Å². The van der Waals surface area contributed by atoms with E-state index in [0.717, 1.165) is 33.7 Å². The molecule has 6 aromatic carbocycles. The van der Waals surface area contributed by atoms with Crippen molar-refractivity contribution in [2.75, 3.05) is 0 Å². The Kier molecular flexibility index (Phi) is 5.58. The Morgan fingerprint density at radius 3 is 2.33 bits per heavy atom. The van der Waals surface area contributed by atoms with Gasteiger partial charge in [0.25, 0.3) is 0 Å². The molecular formula is C40H27N5S. The summed E-state index contributed by atoms with van der Waals surface area (Å²) in [6.45, 7) is 0. The lowest BCUT2D eigenvalue weighted by Gasteiger charge is -2.18. The molecule has 1 aliphatic rings. The first-order valence-electron chi connectivity index (χ1n) is 15.6. The van der Waals surface area contributed by atoms with E-state index in [1.165, 1.54) is 42.0 Å². The Labute approximate surface area is 268 Å². The van der Waals surface area contributed by atoms with E-state index in [9.17, 15) is 0 Å². The molecule has 9 aromatic rings. The predicted molar refractivity (Wildman–Crippen MR) is 192 cm³/mol. The first-order chi connectivity index (χ1) is 22.8. The van der Waals surface area contributed by atoms with Gasteiger partial charge in [0, 0.05) is 48.4 Å². The topological polar surface area (TPSA) is 47.1 Å². The van der Waals surface area contributed by atoms with Crippen molar-refractivity contribution in [1.29, 1.82) is 0 Å². The van der Waals surface area contributed by atoms with Crippen LogP contribution in [0.15, 0.2) is 145 Å². The summed E-state index contributed by atoms with van der Waals surface area (Å²) < 4.78 is 7.27. The normalized spacial score (nSPS) is 16.5. The number of rotatable bonds is 4. The third-order valence-electron chi connectivity index (χ3n) is 9.25. The molecule has 5 nitrogen and oxygen atoms in total. The molecule has 0 radical (unpaired) electrons. The molecular weight excluding hydrogens is 583 g/mol. The van der Waals surface area contributed by atoms with E-state index in [0.29, 0.717) is 0 Å². The van der Waals surface area contributed by atoms with Crippen LogP contribution in [-0.2, 0) is 0 Å². The third-order valence-corrected chi connectivity index (χ3v) is 10.5. The van der Waals surface area contributed by atoms with Gasteiger partial charge in [0.15, 0.2) is 6.29 Å². The summed E-state index contributed by atoms with van der Waals surface area (Å²) in [4.78, 5) is 10.2. The molecule has 3 aromatic heterocycles. The fraction of sp³-hybridized carbons (Fsp3) is 0.0500. The Morgan fingerprint density at radius 1 is 0.630 bits per heavy atom. The highest BCUT2D eigenvalue weighted by Gasteiger charge is 2.27. The summed E-state index contributed by atoms with van der Waals surface area (Å²) in [5.41, 5.74) is 7.77. The standard InChI is InChI=1S/C40H27N5S/c1-2-13-27(14-3-1)44-34-19-8-6-17-31(34)42-39(44)26-12-10-11-25(23-26)32-24-41-40(43-32)45-33-18-7-4-16-30(33)37-35(45)22-21-29-28-15-5-9-20-36(28)46-38(29)37/h1-24,32,40,43H. The van der Waals surface area contributed by atoms with Crippen LogP contribution in [0.1, 0.15) is 17.9 Å². The van der Waals surface area contributed by atoms with Gasteiger partial charge in [-0.05, 0) is 54.1 Å². The van der Waals surface area contributed by atoms with Gasteiger partial charge in [-0.2, -0.15) is 0 Å². The van der Waals surface area contributed by atoms with Crippen molar-refractivity contribution >= 4 is 70.6 Å². The zero-order chi connectivity index (χ0) is 30.2. The van der Waals surface area contributed by atoms with Gasteiger partial charge in [-0.3, -0.25) is 14.9 Å². The molecule has 2 atom stereocenters. The van der Waals surface area contributed by atoms with E-state index in [1.54, 1.807) is 0 Å². The average Bonchev–Trinajstić information content (AvgIpc) is 3.90. The number of imidazole rings is 1. The Morgan fingerprint density at radius 2 is 1.41 bits per heavy atom. The molecule has 4 heterocycles. The molecule has 46 heavy (non-hydrogen) atoms. The van der Waals surface area contributed by atoms with Crippen LogP contribution < -0.4 is 5.32 Å². The molecule has 0 amide bonds. The van der Waals surface area contributed by atoms with Crippen molar-refractivity contribution in [2.45, 2.75) is 12.3 Å². The molecule has 0 bridgehead atoms. The zero-order valence-corrected chi connectivity index (χ0v) is 25.5. The minimum absolute atomic E-state index is 0.0382. The Hall–Kier alpha value is -5.56. The molecule has 1 N–H and O–H groups in total. The molecule has 218 valence electrons. The molecule has 0 fully saturated rings. The van der Waals surface area contributed by atoms with Crippen LogP contribution in [0.25, 0.3) is 70.1 Å². The number of hydrogen-bond donors (Lipinski definition) is 1. The monoisotopic (exact) mass is 609 g/mol. The van der Waals surface area contributed by atoms with Gasteiger partial charge >= 0.3 is 0 Å². The quantitative estimate of drug-likeness (QED) is 0.216. The zero-order valence-electron chi connectivity index (χ0n) is 24.7. The maximum absolute atomic E-state index is 5.10. The Balaban J connectivity index is 1.06. The summed E-state index contributed by atoms with van der Waals surface area (Å²) in [5.74, 6) is 0.926. The van der Waals surface area contributed by atoms with E-state index in [4.69, 9.17) is 9.98 Å². The number of aromatic nitrogens is 3. The summed E-state index contributed by atoms with van der Waals surface area (Å²) in [6, 6.07) is 49.5. The fourth-order valence-corrected chi connectivity index (χ4v) is 8.45. The summed E-state index contributed by atoms with van der Waals surface area (Å²) in [7, 11) is 0. The van der Waals surface area contributed by atoms with Gasteiger partial charge in [0.1, 0.15) is 5.82 Å². The molecule has 0 spiro atoms. The number of benzene rings is 6. The molecule has 10 rings (SSSR count). The van der Waals surface area contributed by atoms with E-state index >= 15 is 0 Å². The number of thiophene rings is 1. The van der Waals surface area contributed by atoms with Crippen LogP contribution >= 0.6 is 11.3 Å². The largest absolute Gasteiger partial charge is 0.305 e. The maximum atomic E-state index is 5.10. The fourth-order valence-electron chi connectivity index (χ4n) is 7.19. The SMILES string of the molecule is C1=NC(n2c3ccccc3c3c4sc5ccccc5c4ccc32)NC1c1cccc(-c2nc3ccccc3n2-c2ccccc2)c1. The van der Waals surface area contributed by atoms with Crippen LogP contribution in [0.4, 0.5) is 0 Å². The lowest BCUT2D eigenvalue weighted by atomic mass is 10.0. The van der Waals surface area contributed by atoms with Crippen molar-refractivity contribution in [3.8, 4) is 17.1 Å². The van der Waals surface area contributed by atoms with Gasteiger partial charge in [0.2, 0.25) is 0 Å². The number of aliphatic imine (C=N–C) groups is 1. The van der Waals surface area contributed by atoms with Crippen LogP contribution in [0, 0.1) is 0 Å². The summed E-state index contributed by atoms with van der Waals surface area (Å²) in [5, 5.41) is 9.03. The Bertz CT molecular complexity index is 2640. The summed E-state index contributed by atoms with van der Waals surface area (Å²) >= 11 is 1.88. The highest BCUT2D eigenvalue weighted by atomic mass is 32.1. The summed E-state index contributed by atoms with van der Waals surface area (Å²) in [6.07, 6.45) is 1.83. The predicted octanol–water partition coefficient (Wildman–Crippen LogP) is 10.0. The molecule has 2 unspecified atom stereocenters. The molecule has 1 aliphatic heterocycles. The van der Waals surface area contributed by atoms with E-state index < -0.39 is 0 Å². The lowest BCUT2D eigenvalue weighted by molar-refractivity contribution is 0.458. The first-order valence-corrected chi connectivity index (χ1v) is 16.4. The average molecular weight is 610 g/mol. The van der Waals surface area contributed by atoms with E-state index in [2.05, 4.69) is 148 Å². The second-order valence-electron chi connectivity index (χ2n) is 11.9. The number of para-hydroxylation sites is 4. The first kappa shape index (κ1) is 25.7. The number of nitrogens with one attached hydrogen (secondary N) is 1. The van der Waals surface area contributed by atoms with E-state index in [-0.39, 0.29) is 12.3 Å². The number of fused-ring (bicyclic) bond motifs is 8. The molecule has 0 aliphatic carbocycles.